The number of benzene rings is 2. The van der Waals surface area contributed by atoms with E-state index >= 15 is 0 Å². The molecule has 0 aromatic heterocycles. The van der Waals surface area contributed by atoms with Crippen molar-refractivity contribution < 1.29 is 23.8 Å². The normalized spacial score (nSPS) is 11.6. The zero-order chi connectivity index (χ0) is 22.5. The Kier molecular flexibility index (Phi) is 10.4. The smallest absolute Gasteiger partial charge is 0.125 e. The van der Waals surface area contributed by atoms with Gasteiger partial charge >= 0.3 is 0 Å². The first kappa shape index (κ1) is 24.3. The molecule has 6 nitrogen and oxygen atoms in total. The van der Waals surface area contributed by atoms with E-state index in [2.05, 4.69) is 5.16 Å². The number of rotatable bonds is 13. The summed E-state index contributed by atoms with van der Waals surface area (Å²) in [5.41, 5.74) is 3.91. The number of ether oxygens (including phenoxy) is 4. The van der Waals surface area contributed by atoms with E-state index in [-0.39, 0.29) is 0 Å². The standard InChI is InChI=1S/C25H33NO5/c1-6-7-11-29-24-14-19(2)25(20(3)15-24)31-13-12-30-23-10-8-9-22(16-23)18-28-17-21(4)26-27-5/h6-10,14-16H,11-13,17-18H2,1-5H3/b7-6+,26-21?. The van der Waals surface area contributed by atoms with Crippen molar-refractivity contribution in [1.29, 1.82) is 0 Å². The van der Waals surface area contributed by atoms with E-state index in [0.29, 0.717) is 33.0 Å². The van der Waals surface area contributed by atoms with E-state index in [4.69, 9.17) is 23.8 Å². The Hall–Kier alpha value is -2.99. The number of nitrogens with zero attached hydrogens (tertiary/aromatic N) is 1. The van der Waals surface area contributed by atoms with E-state index in [9.17, 15) is 0 Å². The molecule has 0 heterocycles. The molecule has 0 aliphatic heterocycles. The van der Waals surface area contributed by atoms with Gasteiger partial charge in [0.15, 0.2) is 0 Å². The largest absolute Gasteiger partial charge is 0.490 e. The highest BCUT2D eigenvalue weighted by molar-refractivity contribution is 5.82. The predicted octanol–water partition coefficient (Wildman–Crippen LogP) is 5.26. The summed E-state index contributed by atoms with van der Waals surface area (Å²) in [6.07, 6.45) is 3.95. The van der Waals surface area contributed by atoms with Gasteiger partial charge in [0, 0.05) is 0 Å². The summed E-state index contributed by atoms with van der Waals surface area (Å²) in [6.45, 7) is 10.2. The van der Waals surface area contributed by atoms with Gasteiger partial charge in [-0.15, -0.1) is 0 Å². The second-order valence-electron chi connectivity index (χ2n) is 7.11. The Balaban J connectivity index is 1.80. The van der Waals surface area contributed by atoms with Crippen LogP contribution < -0.4 is 14.2 Å². The van der Waals surface area contributed by atoms with E-state index in [1.165, 1.54) is 7.11 Å². The van der Waals surface area contributed by atoms with Gasteiger partial charge in [0.1, 0.15) is 44.2 Å². The van der Waals surface area contributed by atoms with Crippen molar-refractivity contribution in [2.45, 2.75) is 34.3 Å². The van der Waals surface area contributed by atoms with Crippen LogP contribution in [-0.2, 0) is 16.2 Å². The Bertz CT molecular complexity index is 853. The molecule has 0 spiro atoms. The zero-order valence-corrected chi connectivity index (χ0v) is 19.1. The number of aryl methyl sites for hydroxylation is 2. The first-order valence-corrected chi connectivity index (χ1v) is 10.4. The summed E-state index contributed by atoms with van der Waals surface area (Å²) < 4.78 is 23.2. The topological polar surface area (TPSA) is 58.5 Å². The minimum absolute atomic E-state index is 0.421. The molecule has 168 valence electrons. The third-order valence-electron chi connectivity index (χ3n) is 4.34. The lowest BCUT2D eigenvalue weighted by atomic mass is 10.1. The maximum Gasteiger partial charge on any atom is 0.125 e. The SMILES string of the molecule is C/C=C/COc1cc(C)c(OCCOc2cccc(COCC(C)=NOC)c2)c(C)c1. The molecule has 6 heteroatoms. The van der Waals surface area contributed by atoms with Crippen molar-refractivity contribution in [3.63, 3.8) is 0 Å². The molecule has 2 rings (SSSR count). The van der Waals surface area contributed by atoms with Crippen LogP contribution in [0.3, 0.4) is 0 Å². The van der Waals surface area contributed by atoms with Crippen LogP contribution in [0.2, 0.25) is 0 Å². The average Bonchev–Trinajstić information content (AvgIpc) is 2.73. The predicted molar refractivity (Wildman–Crippen MR) is 123 cm³/mol. The van der Waals surface area contributed by atoms with Gasteiger partial charge < -0.3 is 23.8 Å². The molecule has 0 unspecified atom stereocenters. The van der Waals surface area contributed by atoms with Crippen LogP contribution in [0, 0.1) is 13.8 Å². The summed E-state index contributed by atoms with van der Waals surface area (Å²) in [4.78, 5) is 4.72. The van der Waals surface area contributed by atoms with E-state index in [1.807, 2.05) is 76.2 Å². The lowest BCUT2D eigenvalue weighted by molar-refractivity contribution is 0.150. The Morgan fingerprint density at radius 2 is 1.71 bits per heavy atom. The quantitative estimate of drug-likeness (QED) is 0.189. The molecular formula is C25H33NO5. The molecule has 0 atom stereocenters. The van der Waals surface area contributed by atoms with E-state index < -0.39 is 0 Å². The van der Waals surface area contributed by atoms with Gasteiger partial charge in [-0.3, -0.25) is 0 Å². The minimum Gasteiger partial charge on any atom is -0.490 e. The lowest BCUT2D eigenvalue weighted by Crippen LogP contribution is -2.11. The van der Waals surface area contributed by atoms with E-state index in [1.54, 1.807) is 0 Å². The van der Waals surface area contributed by atoms with E-state index in [0.717, 1.165) is 39.7 Å². The molecule has 0 bridgehead atoms. The van der Waals surface area contributed by atoms with Crippen LogP contribution in [-0.4, -0.2) is 39.2 Å². The van der Waals surface area contributed by atoms with Crippen LogP contribution in [0.4, 0.5) is 0 Å². The summed E-state index contributed by atoms with van der Waals surface area (Å²) >= 11 is 0. The van der Waals surface area contributed by atoms with Crippen molar-refractivity contribution >= 4 is 5.71 Å². The van der Waals surface area contributed by atoms with Gasteiger partial charge in [-0.2, -0.15) is 0 Å². The fourth-order valence-electron chi connectivity index (χ4n) is 2.99. The molecule has 2 aromatic rings. The Labute approximate surface area is 185 Å². The Morgan fingerprint density at radius 3 is 2.42 bits per heavy atom. The maximum absolute atomic E-state index is 5.97. The van der Waals surface area contributed by atoms with Gasteiger partial charge in [0.25, 0.3) is 0 Å². The molecule has 0 saturated heterocycles. The Morgan fingerprint density at radius 1 is 0.968 bits per heavy atom. The molecule has 0 N–H and O–H groups in total. The van der Waals surface area contributed by atoms with Crippen LogP contribution in [0.5, 0.6) is 17.2 Å². The highest BCUT2D eigenvalue weighted by Crippen LogP contribution is 2.28. The van der Waals surface area contributed by atoms with Gasteiger partial charge in [-0.1, -0.05) is 29.4 Å². The molecule has 0 aliphatic carbocycles. The monoisotopic (exact) mass is 427 g/mol. The van der Waals surface area contributed by atoms with Crippen LogP contribution in [0.25, 0.3) is 0 Å². The molecule has 0 amide bonds. The molecule has 2 aromatic carbocycles. The summed E-state index contributed by atoms with van der Waals surface area (Å²) in [5, 5.41) is 3.83. The highest BCUT2D eigenvalue weighted by atomic mass is 16.6. The van der Waals surface area contributed by atoms with Crippen LogP contribution in [0.1, 0.15) is 30.5 Å². The van der Waals surface area contributed by atoms with Crippen LogP contribution >= 0.6 is 0 Å². The minimum atomic E-state index is 0.421. The summed E-state index contributed by atoms with van der Waals surface area (Å²) in [6, 6.07) is 11.8. The first-order chi connectivity index (χ1) is 15.0. The van der Waals surface area contributed by atoms with Crippen LogP contribution in [0.15, 0.2) is 53.7 Å². The summed E-state index contributed by atoms with van der Waals surface area (Å²) in [5.74, 6) is 2.50. The molecule has 0 aliphatic rings. The fraction of sp³-hybridized carbons (Fsp3) is 0.400. The number of hydrogen-bond donors (Lipinski definition) is 0. The van der Waals surface area contributed by atoms with Crippen molar-refractivity contribution in [3.8, 4) is 17.2 Å². The molecule has 31 heavy (non-hydrogen) atoms. The zero-order valence-electron chi connectivity index (χ0n) is 19.1. The molecule has 0 saturated carbocycles. The fourth-order valence-corrected chi connectivity index (χ4v) is 2.99. The third kappa shape index (κ3) is 8.72. The van der Waals surface area contributed by atoms with Crippen molar-refractivity contribution in [2.75, 3.05) is 33.5 Å². The summed E-state index contributed by atoms with van der Waals surface area (Å²) in [7, 11) is 1.52. The van der Waals surface area contributed by atoms with Gasteiger partial charge in [0.2, 0.25) is 0 Å². The first-order valence-electron chi connectivity index (χ1n) is 10.4. The molecule has 0 radical (unpaired) electrons. The van der Waals surface area contributed by atoms with Gasteiger partial charge in [-0.05, 0) is 68.7 Å². The van der Waals surface area contributed by atoms with Crippen molar-refractivity contribution in [1.82, 2.24) is 0 Å². The second-order valence-corrected chi connectivity index (χ2v) is 7.11. The highest BCUT2D eigenvalue weighted by Gasteiger charge is 2.08. The lowest BCUT2D eigenvalue weighted by Gasteiger charge is -2.15. The van der Waals surface area contributed by atoms with Gasteiger partial charge in [-0.25, -0.2) is 0 Å². The molecular weight excluding hydrogens is 394 g/mol. The second kappa shape index (κ2) is 13.3. The van der Waals surface area contributed by atoms with Crippen molar-refractivity contribution in [3.05, 3.63) is 65.2 Å². The number of hydrogen-bond acceptors (Lipinski definition) is 6. The van der Waals surface area contributed by atoms with Gasteiger partial charge in [0.05, 0.1) is 18.9 Å². The van der Waals surface area contributed by atoms with Crippen molar-refractivity contribution in [2.24, 2.45) is 5.16 Å². The molecule has 0 fully saturated rings. The average molecular weight is 428 g/mol. The number of allylic oxidation sites excluding steroid dienone is 1. The maximum atomic E-state index is 5.97. The third-order valence-corrected chi connectivity index (χ3v) is 4.34. The number of oxime groups is 1.